The predicted octanol–water partition coefficient (Wildman–Crippen LogP) is 3.78. The Hall–Kier alpha value is -3.26. The smallest absolute Gasteiger partial charge is 0.414 e. The van der Waals surface area contributed by atoms with Crippen LogP contribution < -0.4 is 30.7 Å². The van der Waals surface area contributed by atoms with E-state index in [4.69, 9.17) is 15.2 Å². The summed E-state index contributed by atoms with van der Waals surface area (Å²) >= 11 is 4.49. The Bertz CT molecular complexity index is 1650. The third-order valence-electron chi connectivity index (χ3n) is 8.66. The van der Waals surface area contributed by atoms with E-state index in [0.717, 1.165) is 12.8 Å². The van der Waals surface area contributed by atoms with Gasteiger partial charge in [0.1, 0.15) is 28.8 Å². The van der Waals surface area contributed by atoms with Gasteiger partial charge in [-0.3, -0.25) is 18.2 Å². The molecule has 2 aromatic rings. The van der Waals surface area contributed by atoms with Crippen molar-refractivity contribution in [2.45, 2.75) is 31.5 Å². The molecule has 4 atom stereocenters. The summed E-state index contributed by atoms with van der Waals surface area (Å²) in [7, 11) is -1.70. The number of thiocarbonyl (C=S) groups is 1. The molecule has 0 saturated carbocycles. The molecule has 4 aliphatic rings. The van der Waals surface area contributed by atoms with E-state index in [1.807, 2.05) is 9.80 Å². The average molecular weight is 813 g/mol. The molecule has 0 bridgehead atoms. The van der Waals surface area contributed by atoms with Crippen molar-refractivity contribution in [1.29, 1.82) is 0 Å². The average Bonchev–Trinajstić information content (AvgIpc) is 3.50. The molecule has 4 saturated heterocycles. The maximum atomic E-state index is 14.7. The number of nitrogens with zero attached hydrogens (tertiary/aromatic N) is 4. The lowest BCUT2D eigenvalue weighted by Gasteiger charge is -2.24. The second kappa shape index (κ2) is 19.2. The molecule has 0 spiro atoms. The largest absolute Gasteiger partial charge is 0.443 e. The molecule has 0 radical (unpaired) electrons. The molecule has 4 aliphatic heterocycles. The van der Waals surface area contributed by atoms with E-state index in [1.54, 1.807) is 24.3 Å². The number of hydrogen-bond donors (Lipinski definition) is 2. The van der Waals surface area contributed by atoms with E-state index in [2.05, 4.69) is 17.5 Å². The molecule has 52 heavy (non-hydrogen) atoms. The van der Waals surface area contributed by atoms with Gasteiger partial charge in [0.2, 0.25) is 0 Å². The summed E-state index contributed by atoms with van der Waals surface area (Å²) in [5, 5.41) is 2.36. The van der Waals surface area contributed by atoms with Crippen molar-refractivity contribution < 1.29 is 45.0 Å². The van der Waals surface area contributed by atoms with Crippen molar-refractivity contribution in [3.63, 3.8) is 0 Å². The Morgan fingerprint density at radius 3 is 1.69 bits per heavy atom. The number of rotatable bonds is 8. The van der Waals surface area contributed by atoms with E-state index >= 15 is 0 Å². The van der Waals surface area contributed by atoms with Crippen LogP contribution in [0.3, 0.4) is 0 Å². The lowest BCUT2D eigenvalue weighted by molar-refractivity contribution is 0.141. The first-order chi connectivity index (χ1) is 24.4. The Balaban J connectivity index is 0.000000232. The number of halogens is 5. The van der Waals surface area contributed by atoms with Crippen molar-refractivity contribution in [2.75, 3.05) is 95.0 Å². The number of carbonyl (C=O) groups is 2. The third-order valence-corrected chi connectivity index (χ3v) is 11.7. The number of nitrogens with one attached hydrogen (secondary N) is 1. The van der Waals surface area contributed by atoms with Crippen molar-refractivity contribution >= 4 is 86.1 Å². The molecule has 288 valence electrons. The van der Waals surface area contributed by atoms with Crippen LogP contribution in [0.4, 0.5) is 49.9 Å². The van der Waals surface area contributed by atoms with Gasteiger partial charge in [0, 0.05) is 77.3 Å². The van der Waals surface area contributed by atoms with Gasteiger partial charge in [-0.1, -0.05) is 12.2 Å². The Morgan fingerprint density at radius 1 is 0.808 bits per heavy atom. The number of benzene rings is 2. The molecule has 6 rings (SSSR count). The van der Waals surface area contributed by atoms with Crippen LogP contribution in [-0.2, 0) is 31.1 Å². The van der Waals surface area contributed by atoms with Crippen LogP contribution in [0.5, 0.6) is 0 Å². The zero-order valence-electron chi connectivity index (χ0n) is 28.1. The van der Waals surface area contributed by atoms with Gasteiger partial charge in [-0.15, -0.1) is 12.4 Å². The zero-order valence-corrected chi connectivity index (χ0v) is 31.3. The van der Waals surface area contributed by atoms with Crippen molar-refractivity contribution in [3.05, 3.63) is 48.0 Å². The number of cyclic esters (lactones) is 2. The Labute approximate surface area is 315 Å². The van der Waals surface area contributed by atoms with Crippen LogP contribution in [0.1, 0.15) is 12.8 Å². The van der Waals surface area contributed by atoms with Crippen LogP contribution in [0.15, 0.2) is 36.4 Å². The lowest BCUT2D eigenvalue weighted by atomic mass is 10.2. The van der Waals surface area contributed by atoms with E-state index in [9.17, 15) is 35.6 Å². The summed E-state index contributed by atoms with van der Waals surface area (Å²) in [6.45, 7) is 3.01. The summed E-state index contributed by atoms with van der Waals surface area (Å²) in [5.41, 5.74) is 7.17. The first-order valence-electron chi connectivity index (χ1n) is 16.4. The quantitative estimate of drug-likeness (QED) is 0.298. The molecule has 2 amide bonds. The van der Waals surface area contributed by atoms with E-state index in [-0.39, 0.29) is 44.0 Å². The summed E-state index contributed by atoms with van der Waals surface area (Å²) in [6, 6.07) is 9.17. The first-order valence-corrected chi connectivity index (χ1v) is 19.8. The van der Waals surface area contributed by atoms with E-state index < -0.39 is 57.1 Å². The fraction of sp³-hybridized carbons (Fsp3) is 0.531. The van der Waals surface area contributed by atoms with Crippen molar-refractivity contribution in [3.8, 4) is 0 Å². The minimum absolute atomic E-state index is 0. The third kappa shape index (κ3) is 10.7. The van der Waals surface area contributed by atoms with E-state index in [1.165, 1.54) is 21.9 Å². The summed E-state index contributed by atoms with van der Waals surface area (Å²) in [5.74, 6) is 1.45. The maximum absolute atomic E-state index is 14.7. The van der Waals surface area contributed by atoms with Crippen LogP contribution in [-0.4, -0.2) is 120 Å². The highest BCUT2D eigenvalue weighted by Gasteiger charge is 2.34. The van der Waals surface area contributed by atoms with Crippen molar-refractivity contribution in [2.24, 2.45) is 5.73 Å². The van der Waals surface area contributed by atoms with Gasteiger partial charge in [-0.25, -0.2) is 27.2 Å². The van der Waals surface area contributed by atoms with Gasteiger partial charge in [-0.2, -0.15) is 0 Å². The first kappa shape index (κ1) is 41.5. The second-order valence-electron chi connectivity index (χ2n) is 12.2. The predicted molar refractivity (Wildman–Crippen MR) is 200 cm³/mol. The number of nitrogens with two attached hydrogens (primary N) is 1. The molecule has 4 heterocycles. The number of ether oxygens (including phenoxy) is 2. The van der Waals surface area contributed by atoms with Gasteiger partial charge in [0.25, 0.3) is 6.43 Å². The molecular weight excluding hydrogens is 772 g/mol. The number of carbonyl (C=O) groups excluding carboxylic acids is 2. The fourth-order valence-corrected chi connectivity index (χ4v) is 8.23. The van der Waals surface area contributed by atoms with E-state index in [0.29, 0.717) is 78.5 Å². The van der Waals surface area contributed by atoms with Gasteiger partial charge in [0.15, 0.2) is 0 Å². The Morgan fingerprint density at radius 2 is 1.27 bits per heavy atom. The van der Waals surface area contributed by atoms with Crippen LogP contribution in [0.2, 0.25) is 0 Å². The molecular formula is C32H41ClF4N6O6S3. The lowest BCUT2D eigenvalue weighted by Crippen LogP contribution is -2.36. The minimum Gasteiger partial charge on any atom is -0.443 e. The van der Waals surface area contributed by atoms with Gasteiger partial charge < -0.3 is 30.3 Å². The standard InChI is InChI=1S/C17H20F3N3O3S2.C15H20FN3O3S.ClH/c18-13-8-11(2-3-14(13)22-4-1-6-28(25)7-5-22)23-10-12(26-17(23)24)9-21-16(27)15(19)20;16-13-8-11(19-10-12(9-17)22-15(19)20)2-3-14(13)18-4-1-6-23(21)7-5-18;/h2-3,8,12,15H,1,4-7,9-10H2,(H,21,27);2-3,8,12H,1,4-7,9-10,17H2;1H/t12-,28?;12-,23?;/m00./s1. The van der Waals surface area contributed by atoms with Gasteiger partial charge >= 0.3 is 12.2 Å². The SMILES string of the molecule is Cl.NC[C@H]1CN(c2ccc(N3CCCS(=O)CC3)c(F)c2)C(=O)O1.O=C1O[C@@H](CNC(=S)C(F)F)CN1c1ccc(N2CCCS(=O)CC2)c(F)c1. The zero-order chi connectivity index (χ0) is 36.7. The molecule has 0 aliphatic carbocycles. The van der Waals surface area contributed by atoms with Crippen LogP contribution >= 0.6 is 24.6 Å². The van der Waals surface area contributed by atoms with Gasteiger partial charge in [-0.05, 0) is 49.2 Å². The molecule has 0 aromatic heterocycles. The summed E-state index contributed by atoms with van der Waals surface area (Å²) in [4.78, 5) is 29.7. The summed E-state index contributed by atoms with van der Waals surface area (Å²) in [6.07, 6.45) is -3.48. The number of amides is 2. The molecule has 20 heteroatoms. The van der Waals surface area contributed by atoms with Crippen molar-refractivity contribution in [1.82, 2.24) is 5.32 Å². The highest BCUT2D eigenvalue weighted by Crippen LogP contribution is 2.30. The number of anilines is 4. The van der Waals surface area contributed by atoms with Crippen LogP contribution in [0.25, 0.3) is 0 Å². The monoisotopic (exact) mass is 812 g/mol. The fourth-order valence-electron chi connectivity index (χ4n) is 5.99. The normalized spacial score (nSPS) is 23.6. The summed E-state index contributed by atoms with van der Waals surface area (Å²) < 4.78 is 87.5. The molecule has 3 N–H and O–H groups in total. The molecule has 2 unspecified atom stereocenters. The maximum Gasteiger partial charge on any atom is 0.414 e. The Kier molecular flexibility index (Phi) is 15.3. The highest BCUT2D eigenvalue weighted by molar-refractivity contribution is 7.85. The highest BCUT2D eigenvalue weighted by atomic mass is 35.5. The molecule has 4 fully saturated rings. The van der Waals surface area contributed by atoms with Gasteiger partial charge in [0.05, 0.1) is 42.4 Å². The molecule has 2 aromatic carbocycles. The minimum atomic E-state index is -2.78. The van der Waals surface area contributed by atoms with Crippen LogP contribution in [0, 0.1) is 11.6 Å². The molecule has 12 nitrogen and oxygen atoms in total. The number of alkyl halides is 2. The number of hydrogen-bond acceptors (Lipinski definition) is 10. The second-order valence-corrected chi connectivity index (χ2v) is 16.0. The topological polar surface area (TPSA) is 138 Å².